The van der Waals surface area contributed by atoms with Gasteiger partial charge in [0.25, 0.3) is 10.0 Å². The molecule has 1 heterocycles. The van der Waals surface area contributed by atoms with Gasteiger partial charge in [-0.1, -0.05) is 0 Å². The largest absolute Gasteiger partial charge is 0.497 e. The number of aryl methyl sites for hydroxylation is 2. The molecule has 10 heteroatoms. The van der Waals surface area contributed by atoms with Gasteiger partial charge in [0.1, 0.15) is 11.5 Å². The summed E-state index contributed by atoms with van der Waals surface area (Å²) in [5, 5.41) is 0. The molecule has 0 aliphatic rings. The minimum atomic E-state index is -4.00. The Hall–Kier alpha value is -3.27. The quantitative estimate of drug-likeness (QED) is 0.636. The van der Waals surface area contributed by atoms with Crippen molar-refractivity contribution in [1.29, 1.82) is 0 Å². The van der Waals surface area contributed by atoms with Crippen LogP contribution in [0.2, 0.25) is 0 Å². The van der Waals surface area contributed by atoms with Gasteiger partial charge in [0, 0.05) is 20.2 Å². The van der Waals surface area contributed by atoms with Crippen LogP contribution in [-0.4, -0.2) is 31.8 Å². The fourth-order valence-electron chi connectivity index (χ4n) is 2.83. The van der Waals surface area contributed by atoms with Crippen LogP contribution in [0.25, 0.3) is 11.0 Å². The van der Waals surface area contributed by atoms with Crippen LogP contribution in [0.1, 0.15) is 0 Å². The fraction of sp³-hybridized carbons (Fsp3) is 0.222. The van der Waals surface area contributed by atoms with Gasteiger partial charge in [-0.25, -0.2) is 8.42 Å². The average Bonchev–Trinajstić information content (AvgIpc) is 2.69. The van der Waals surface area contributed by atoms with E-state index < -0.39 is 21.1 Å². The molecule has 0 aliphatic carbocycles. The number of benzene rings is 2. The first-order chi connectivity index (χ1) is 13.2. The summed E-state index contributed by atoms with van der Waals surface area (Å²) in [5.74, 6) is 0.773. The van der Waals surface area contributed by atoms with Crippen molar-refractivity contribution in [2.24, 2.45) is 14.1 Å². The van der Waals surface area contributed by atoms with E-state index in [-0.39, 0.29) is 10.6 Å². The van der Waals surface area contributed by atoms with Crippen molar-refractivity contribution in [2.45, 2.75) is 4.90 Å². The summed E-state index contributed by atoms with van der Waals surface area (Å²) >= 11 is 0. The van der Waals surface area contributed by atoms with Crippen molar-refractivity contribution in [3.63, 3.8) is 0 Å². The molecular formula is C18H19N3O6S. The predicted octanol–water partition coefficient (Wildman–Crippen LogP) is 1.06. The van der Waals surface area contributed by atoms with Crippen LogP contribution in [0.4, 0.5) is 5.69 Å². The molecule has 0 bridgehead atoms. The van der Waals surface area contributed by atoms with Crippen molar-refractivity contribution in [2.75, 3.05) is 18.9 Å². The molecule has 1 aromatic heterocycles. The number of hydrogen-bond acceptors (Lipinski definition) is 6. The van der Waals surface area contributed by atoms with Gasteiger partial charge in [-0.2, -0.15) is 0 Å². The molecule has 0 fully saturated rings. The lowest BCUT2D eigenvalue weighted by Crippen LogP contribution is -2.39. The highest BCUT2D eigenvalue weighted by Crippen LogP contribution is 2.31. The Balaban J connectivity index is 2.14. The highest BCUT2D eigenvalue weighted by atomic mass is 32.2. The summed E-state index contributed by atoms with van der Waals surface area (Å²) in [6.07, 6.45) is 0. The Labute approximate surface area is 160 Å². The summed E-state index contributed by atoms with van der Waals surface area (Å²) < 4.78 is 40.9. The van der Waals surface area contributed by atoms with Gasteiger partial charge >= 0.3 is 11.1 Å². The van der Waals surface area contributed by atoms with Crippen molar-refractivity contribution >= 4 is 26.7 Å². The van der Waals surface area contributed by atoms with Gasteiger partial charge in [0.2, 0.25) is 0 Å². The first-order valence-corrected chi connectivity index (χ1v) is 9.62. The number of ether oxygens (including phenoxy) is 2. The van der Waals surface area contributed by atoms with E-state index in [0.717, 1.165) is 4.57 Å². The number of nitrogens with one attached hydrogen (secondary N) is 1. The molecule has 9 nitrogen and oxygen atoms in total. The average molecular weight is 405 g/mol. The lowest BCUT2D eigenvalue weighted by atomic mass is 10.3. The molecule has 0 unspecified atom stereocenters. The van der Waals surface area contributed by atoms with Gasteiger partial charge in [0.15, 0.2) is 0 Å². The second kappa shape index (κ2) is 7.04. The lowest BCUT2D eigenvalue weighted by molar-refractivity contribution is 0.405. The van der Waals surface area contributed by atoms with Crippen LogP contribution in [0.3, 0.4) is 0 Å². The molecule has 2 aromatic carbocycles. The molecule has 0 atom stereocenters. The molecule has 0 saturated carbocycles. The molecule has 3 rings (SSSR count). The first-order valence-electron chi connectivity index (χ1n) is 8.14. The Morgan fingerprint density at radius 3 is 2.11 bits per heavy atom. The summed E-state index contributed by atoms with van der Waals surface area (Å²) in [6.45, 7) is 0. The summed E-state index contributed by atoms with van der Waals surface area (Å²) in [5.41, 5.74) is -0.481. The Morgan fingerprint density at radius 2 is 1.50 bits per heavy atom. The number of hydrogen-bond donors (Lipinski definition) is 1. The standard InChI is InChI=1S/C18H19N3O6S/c1-20-14-7-6-12(10-15(14)21(2)18(23)17(20)22)28(24,25)19-13-9-11(26-3)5-8-16(13)27-4/h5-10,19H,1-4H3. The fourth-order valence-corrected chi connectivity index (χ4v) is 3.91. The molecule has 148 valence electrons. The molecule has 0 radical (unpaired) electrons. The molecular weight excluding hydrogens is 386 g/mol. The summed E-state index contributed by atoms with van der Waals surface area (Å²) in [4.78, 5) is 23.9. The van der Waals surface area contributed by atoms with Crippen molar-refractivity contribution in [3.05, 3.63) is 57.1 Å². The van der Waals surface area contributed by atoms with E-state index in [4.69, 9.17) is 9.47 Å². The number of anilines is 1. The van der Waals surface area contributed by atoms with Gasteiger partial charge in [-0.3, -0.25) is 14.3 Å². The zero-order valence-electron chi connectivity index (χ0n) is 15.7. The van der Waals surface area contributed by atoms with Gasteiger partial charge in [-0.05, 0) is 30.3 Å². The number of rotatable bonds is 5. The van der Waals surface area contributed by atoms with Crippen molar-refractivity contribution in [3.8, 4) is 11.5 Å². The smallest absolute Gasteiger partial charge is 0.316 e. The van der Waals surface area contributed by atoms with E-state index in [2.05, 4.69) is 4.72 Å². The normalized spacial score (nSPS) is 11.4. The van der Waals surface area contributed by atoms with Crippen LogP contribution in [0.15, 0.2) is 50.9 Å². The van der Waals surface area contributed by atoms with Gasteiger partial charge in [0.05, 0.1) is 35.8 Å². The number of aromatic nitrogens is 2. The van der Waals surface area contributed by atoms with E-state index >= 15 is 0 Å². The minimum absolute atomic E-state index is 0.0708. The van der Waals surface area contributed by atoms with Crippen LogP contribution >= 0.6 is 0 Å². The van der Waals surface area contributed by atoms with Crippen LogP contribution < -0.4 is 25.3 Å². The third-order valence-electron chi connectivity index (χ3n) is 4.42. The van der Waals surface area contributed by atoms with Crippen molar-refractivity contribution < 1.29 is 17.9 Å². The predicted molar refractivity (Wildman–Crippen MR) is 105 cm³/mol. The Bertz CT molecular complexity index is 1290. The van der Waals surface area contributed by atoms with E-state index in [1.165, 1.54) is 57.1 Å². The van der Waals surface area contributed by atoms with E-state index in [9.17, 15) is 18.0 Å². The second-order valence-corrected chi connectivity index (χ2v) is 7.73. The zero-order valence-corrected chi connectivity index (χ0v) is 16.5. The van der Waals surface area contributed by atoms with Gasteiger partial charge < -0.3 is 18.6 Å². The maximum Gasteiger partial charge on any atom is 0.316 e. The monoisotopic (exact) mass is 405 g/mol. The number of fused-ring (bicyclic) bond motifs is 1. The van der Waals surface area contributed by atoms with Gasteiger partial charge in [-0.15, -0.1) is 0 Å². The number of nitrogens with zero attached hydrogens (tertiary/aromatic N) is 2. The highest BCUT2D eigenvalue weighted by molar-refractivity contribution is 7.92. The molecule has 0 aliphatic heterocycles. The lowest BCUT2D eigenvalue weighted by Gasteiger charge is -2.14. The maximum atomic E-state index is 12.9. The second-order valence-electron chi connectivity index (χ2n) is 6.05. The van der Waals surface area contributed by atoms with E-state index in [1.807, 2.05) is 0 Å². The number of sulfonamides is 1. The molecule has 28 heavy (non-hydrogen) atoms. The third-order valence-corrected chi connectivity index (χ3v) is 5.79. The Kier molecular flexibility index (Phi) is 4.90. The zero-order chi connectivity index (χ0) is 20.6. The Morgan fingerprint density at radius 1 is 0.857 bits per heavy atom. The SMILES string of the molecule is COc1ccc(OC)c(NS(=O)(=O)c2ccc3c(c2)n(C)c(=O)c(=O)n3C)c1. The molecule has 0 saturated heterocycles. The van der Waals surface area contributed by atoms with Crippen LogP contribution in [-0.2, 0) is 24.1 Å². The number of methoxy groups -OCH3 is 2. The summed E-state index contributed by atoms with van der Waals surface area (Å²) in [7, 11) is 1.76. The van der Waals surface area contributed by atoms with Crippen LogP contribution in [0, 0.1) is 0 Å². The molecule has 1 N–H and O–H groups in total. The van der Waals surface area contributed by atoms with Crippen LogP contribution in [0.5, 0.6) is 11.5 Å². The highest BCUT2D eigenvalue weighted by Gasteiger charge is 2.19. The topological polar surface area (TPSA) is 109 Å². The maximum absolute atomic E-state index is 12.9. The van der Waals surface area contributed by atoms with E-state index in [0.29, 0.717) is 22.5 Å². The molecule has 0 amide bonds. The molecule has 0 spiro atoms. The third kappa shape index (κ3) is 3.22. The van der Waals surface area contributed by atoms with E-state index in [1.54, 1.807) is 12.1 Å². The summed E-state index contributed by atoms with van der Waals surface area (Å²) in [6, 6.07) is 8.90. The van der Waals surface area contributed by atoms with Crippen molar-refractivity contribution in [1.82, 2.24) is 9.13 Å². The first kappa shape index (κ1) is 19.5. The molecule has 3 aromatic rings. The minimum Gasteiger partial charge on any atom is -0.497 e.